The van der Waals surface area contributed by atoms with Gasteiger partial charge in [-0.1, -0.05) is 47.5 Å². The summed E-state index contributed by atoms with van der Waals surface area (Å²) in [6.07, 6.45) is 6.46. The average Bonchev–Trinajstić information content (AvgIpc) is 3.40. The molecule has 2 aromatic carbocycles. The van der Waals surface area contributed by atoms with Gasteiger partial charge in [-0.05, 0) is 60.2 Å². The molecule has 0 radical (unpaired) electrons. The van der Waals surface area contributed by atoms with Crippen molar-refractivity contribution in [2.75, 3.05) is 0 Å². The van der Waals surface area contributed by atoms with E-state index in [-0.39, 0.29) is 23.3 Å². The average molecular weight is 535 g/mol. The summed E-state index contributed by atoms with van der Waals surface area (Å²) in [5.74, 6) is -0.533. The molecule has 1 atom stereocenters. The van der Waals surface area contributed by atoms with E-state index in [1.165, 1.54) is 6.08 Å². The third-order valence-electron chi connectivity index (χ3n) is 5.76. The molecule has 188 valence electrons. The van der Waals surface area contributed by atoms with E-state index >= 15 is 0 Å². The number of carbonyl (C=O) groups is 2. The Balaban J connectivity index is 1.43. The maximum absolute atomic E-state index is 12.9. The number of rotatable bonds is 9. The first-order valence-electron chi connectivity index (χ1n) is 11.4. The van der Waals surface area contributed by atoms with Crippen molar-refractivity contribution in [2.45, 2.75) is 19.2 Å². The summed E-state index contributed by atoms with van der Waals surface area (Å²) in [4.78, 5) is 29.4. The standard InChI is InChI=1S/C28H24Cl2N4O3/c29-22-11-12-23(26(30)21(22)17-35)34-15-3-5-24(34)27(31)25(36)13-8-18-6-9-19(10-7-18)28(37)33-16-20-4-1-2-14-32-20/h1-15,27,35H,16-17,31H2,(H,33,37)/b13-8+. The number of halogens is 2. The van der Waals surface area contributed by atoms with Gasteiger partial charge in [0, 0.05) is 34.2 Å². The van der Waals surface area contributed by atoms with E-state index in [9.17, 15) is 14.7 Å². The number of aliphatic hydroxyl groups excluding tert-OH is 1. The molecule has 0 bridgehead atoms. The summed E-state index contributed by atoms with van der Waals surface area (Å²) in [7, 11) is 0. The molecule has 0 spiro atoms. The van der Waals surface area contributed by atoms with E-state index in [0.717, 1.165) is 11.3 Å². The van der Waals surface area contributed by atoms with Crippen molar-refractivity contribution in [3.05, 3.63) is 123 Å². The molecule has 1 amide bonds. The summed E-state index contributed by atoms with van der Waals surface area (Å²) in [6.45, 7) is 0.0124. The lowest BCUT2D eigenvalue weighted by molar-refractivity contribution is -0.115. The smallest absolute Gasteiger partial charge is 0.251 e. The minimum atomic E-state index is -0.952. The maximum atomic E-state index is 12.9. The van der Waals surface area contributed by atoms with Crippen LogP contribution in [0, 0.1) is 0 Å². The Kier molecular flexibility index (Phi) is 8.53. The molecule has 2 aromatic heterocycles. The van der Waals surface area contributed by atoms with Gasteiger partial charge in [-0.25, -0.2) is 0 Å². The zero-order valence-corrected chi connectivity index (χ0v) is 21.2. The van der Waals surface area contributed by atoms with Crippen molar-refractivity contribution in [2.24, 2.45) is 5.73 Å². The molecule has 0 aliphatic carbocycles. The normalized spacial score (nSPS) is 12.0. The number of carbonyl (C=O) groups excluding carboxylic acids is 2. The van der Waals surface area contributed by atoms with Crippen molar-refractivity contribution in [3.8, 4) is 5.69 Å². The van der Waals surface area contributed by atoms with Crippen molar-refractivity contribution in [1.82, 2.24) is 14.9 Å². The lowest BCUT2D eigenvalue weighted by atomic mass is 10.1. The first kappa shape index (κ1) is 26.3. The predicted molar refractivity (Wildman–Crippen MR) is 145 cm³/mol. The third kappa shape index (κ3) is 6.15. The van der Waals surface area contributed by atoms with Crippen molar-refractivity contribution < 1.29 is 14.7 Å². The van der Waals surface area contributed by atoms with E-state index in [4.69, 9.17) is 28.9 Å². The lowest BCUT2D eigenvalue weighted by Crippen LogP contribution is -2.23. The van der Waals surface area contributed by atoms with Gasteiger partial charge < -0.3 is 20.7 Å². The Bertz CT molecular complexity index is 1430. The molecule has 37 heavy (non-hydrogen) atoms. The summed E-state index contributed by atoms with van der Waals surface area (Å²) in [5.41, 5.74) is 9.77. The van der Waals surface area contributed by atoms with Gasteiger partial charge in [0.25, 0.3) is 5.91 Å². The summed E-state index contributed by atoms with van der Waals surface area (Å²) in [5, 5.41) is 13.1. The number of pyridine rings is 1. The van der Waals surface area contributed by atoms with Gasteiger partial charge in [-0.15, -0.1) is 0 Å². The van der Waals surface area contributed by atoms with Crippen LogP contribution in [0.5, 0.6) is 0 Å². The van der Waals surface area contributed by atoms with Gasteiger partial charge in [0.05, 0.1) is 29.6 Å². The molecule has 4 rings (SSSR count). The molecule has 0 aliphatic rings. The lowest BCUT2D eigenvalue weighted by Gasteiger charge is -2.16. The topological polar surface area (TPSA) is 110 Å². The minimum Gasteiger partial charge on any atom is -0.392 e. The Morgan fingerprint density at radius 3 is 2.54 bits per heavy atom. The molecular weight excluding hydrogens is 511 g/mol. The Morgan fingerprint density at radius 1 is 1.05 bits per heavy atom. The van der Waals surface area contributed by atoms with Crippen molar-refractivity contribution in [3.63, 3.8) is 0 Å². The molecule has 1 unspecified atom stereocenters. The van der Waals surface area contributed by atoms with Crippen LogP contribution in [0.25, 0.3) is 11.8 Å². The van der Waals surface area contributed by atoms with Gasteiger partial charge in [0.15, 0.2) is 5.78 Å². The number of amides is 1. The number of aromatic nitrogens is 2. The highest BCUT2D eigenvalue weighted by Crippen LogP contribution is 2.32. The number of nitrogens with one attached hydrogen (secondary N) is 1. The molecule has 0 fully saturated rings. The van der Waals surface area contributed by atoms with Crippen molar-refractivity contribution in [1.29, 1.82) is 0 Å². The van der Waals surface area contributed by atoms with Gasteiger partial charge in [0.1, 0.15) is 6.04 Å². The van der Waals surface area contributed by atoms with Crippen LogP contribution in [-0.2, 0) is 17.9 Å². The third-order valence-corrected chi connectivity index (χ3v) is 6.53. The van der Waals surface area contributed by atoms with Crippen molar-refractivity contribution >= 4 is 41.0 Å². The Hall–Kier alpha value is -3.75. The fourth-order valence-electron chi connectivity index (χ4n) is 3.73. The Morgan fingerprint density at radius 2 is 1.84 bits per heavy atom. The number of nitrogens with zero attached hydrogens (tertiary/aromatic N) is 2. The molecular formula is C28H24Cl2N4O3. The molecule has 2 heterocycles. The zero-order valence-electron chi connectivity index (χ0n) is 19.6. The van der Waals surface area contributed by atoms with Crippen LogP contribution in [0.1, 0.15) is 38.9 Å². The highest BCUT2D eigenvalue weighted by Gasteiger charge is 2.20. The van der Waals surface area contributed by atoms with E-state index < -0.39 is 6.04 Å². The highest BCUT2D eigenvalue weighted by molar-refractivity contribution is 6.37. The van der Waals surface area contributed by atoms with Crippen LogP contribution in [0.3, 0.4) is 0 Å². The molecule has 4 N–H and O–H groups in total. The minimum absolute atomic E-state index is 0.217. The quantitative estimate of drug-likeness (QED) is 0.265. The first-order valence-corrected chi connectivity index (χ1v) is 12.2. The maximum Gasteiger partial charge on any atom is 0.251 e. The van der Waals surface area contributed by atoms with E-state index in [2.05, 4.69) is 10.3 Å². The number of hydrogen-bond acceptors (Lipinski definition) is 5. The summed E-state index contributed by atoms with van der Waals surface area (Å²) >= 11 is 12.6. The molecule has 4 aromatic rings. The van der Waals surface area contributed by atoms with Gasteiger partial charge >= 0.3 is 0 Å². The fraction of sp³-hybridized carbons (Fsp3) is 0.107. The molecule has 9 heteroatoms. The number of hydrogen-bond donors (Lipinski definition) is 3. The SMILES string of the molecule is NC(C(=O)/C=C/c1ccc(C(=O)NCc2ccccn2)cc1)c1cccn1-c1ccc(Cl)c(CO)c1Cl. The number of nitrogens with two attached hydrogens (primary N) is 1. The van der Waals surface area contributed by atoms with E-state index in [1.54, 1.807) is 71.6 Å². The fourth-order valence-corrected chi connectivity index (χ4v) is 4.31. The number of aliphatic hydroxyl groups is 1. The van der Waals surface area contributed by atoms with Gasteiger partial charge in [-0.2, -0.15) is 0 Å². The summed E-state index contributed by atoms with van der Waals surface area (Å²) < 4.78 is 1.70. The zero-order chi connectivity index (χ0) is 26.4. The van der Waals surface area contributed by atoms with Crippen LogP contribution in [0.4, 0.5) is 0 Å². The largest absolute Gasteiger partial charge is 0.392 e. The van der Waals surface area contributed by atoms with Gasteiger partial charge in [-0.3, -0.25) is 14.6 Å². The molecule has 7 nitrogen and oxygen atoms in total. The number of benzene rings is 2. The second-order valence-electron chi connectivity index (χ2n) is 8.16. The molecule has 0 saturated carbocycles. The molecule has 0 saturated heterocycles. The number of ketones is 1. The molecule has 0 aliphatic heterocycles. The van der Waals surface area contributed by atoms with Crippen LogP contribution in [0.2, 0.25) is 10.0 Å². The van der Waals surface area contributed by atoms with Gasteiger partial charge in [0.2, 0.25) is 0 Å². The second kappa shape index (κ2) is 12.0. The Labute approximate surface area is 224 Å². The van der Waals surface area contributed by atoms with Crippen LogP contribution >= 0.6 is 23.2 Å². The van der Waals surface area contributed by atoms with E-state index in [0.29, 0.717) is 34.1 Å². The monoisotopic (exact) mass is 534 g/mol. The highest BCUT2D eigenvalue weighted by atomic mass is 35.5. The van der Waals surface area contributed by atoms with Crippen LogP contribution in [0.15, 0.2) is 85.2 Å². The second-order valence-corrected chi connectivity index (χ2v) is 8.94. The summed E-state index contributed by atoms with van der Waals surface area (Å²) in [6, 6.07) is 18.3. The predicted octanol–water partition coefficient (Wildman–Crippen LogP) is 4.88. The van der Waals surface area contributed by atoms with Crippen LogP contribution < -0.4 is 11.1 Å². The van der Waals surface area contributed by atoms with E-state index in [1.807, 2.05) is 18.2 Å². The van der Waals surface area contributed by atoms with Crippen LogP contribution in [-0.4, -0.2) is 26.3 Å². The first-order chi connectivity index (χ1) is 17.9.